The largest absolute Gasteiger partial charge is 0.495 e. The molecule has 0 radical (unpaired) electrons. The SMILES string of the molecule is CCNC(=O)c1cccc(NC(=O)CN(C)c2ccccc2OC)c1. The van der Waals surface area contributed by atoms with Crippen molar-refractivity contribution in [2.45, 2.75) is 6.92 Å². The first-order valence-electron chi connectivity index (χ1n) is 8.07. The molecule has 0 aromatic heterocycles. The number of nitrogens with zero attached hydrogens (tertiary/aromatic N) is 1. The number of likely N-dealkylation sites (N-methyl/N-ethyl adjacent to an activating group) is 1. The molecule has 2 amide bonds. The van der Waals surface area contributed by atoms with Gasteiger partial charge in [0.25, 0.3) is 5.91 Å². The Bertz CT molecular complexity index is 746. The Balaban J connectivity index is 2.02. The number of carbonyl (C=O) groups excluding carboxylic acids is 2. The highest BCUT2D eigenvalue weighted by Crippen LogP contribution is 2.26. The van der Waals surface area contributed by atoms with E-state index in [2.05, 4.69) is 10.6 Å². The fourth-order valence-corrected chi connectivity index (χ4v) is 2.45. The lowest BCUT2D eigenvalue weighted by molar-refractivity contribution is -0.114. The van der Waals surface area contributed by atoms with Crippen molar-refractivity contribution < 1.29 is 14.3 Å². The number of anilines is 2. The van der Waals surface area contributed by atoms with Crippen LogP contribution in [0.2, 0.25) is 0 Å². The predicted molar refractivity (Wildman–Crippen MR) is 99.3 cm³/mol. The number of rotatable bonds is 7. The van der Waals surface area contributed by atoms with Crippen LogP contribution in [0.5, 0.6) is 5.75 Å². The molecule has 2 aromatic carbocycles. The number of hydrogen-bond acceptors (Lipinski definition) is 4. The van der Waals surface area contributed by atoms with Gasteiger partial charge in [0, 0.05) is 24.8 Å². The van der Waals surface area contributed by atoms with Gasteiger partial charge in [0.2, 0.25) is 5.91 Å². The predicted octanol–water partition coefficient (Wildman–Crippen LogP) is 2.52. The van der Waals surface area contributed by atoms with Gasteiger partial charge in [-0.1, -0.05) is 18.2 Å². The van der Waals surface area contributed by atoms with E-state index < -0.39 is 0 Å². The summed E-state index contributed by atoms with van der Waals surface area (Å²) < 4.78 is 5.31. The van der Waals surface area contributed by atoms with Crippen molar-refractivity contribution in [2.75, 3.05) is 37.5 Å². The zero-order chi connectivity index (χ0) is 18.2. The van der Waals surface area contributed by atoms with Crippen LogP contribution in [0.15, 0.2) is 48.5 Å². The van der Waals surface area contributed by atoms with Crippen molar-refractivity contribution in [3.05, 3.63) is 54.1 Å². The molecule has 2 N–H and O–H groups in total. The van der Waals surface area contributed by atoms with Gasteiger partial charge in [0.15, 0.2) is 0 Å². The summed E-state index contributed by atoms with van der Waals surface area (Å²) in [6.07, 6.45) is 0. The van der Waals surface area contributed by atoms with Gasteiger partial charge in [-0.05, 0) is 37.3 Å². The van der Waals surface area contributed by atoms with Crippen LogP contribution in [0, 0.1) is 0 Å². The summed E-state index contributed by atoms with van der Waals surface area (Å²) in [5.74, 6) is 0.363. The van der Waals surface area contributed by atoms with Crippen LogP contribution in [0.4, 0.5) is 11.4 Å². The van der Waals surface area contributed by atoms with E-state index in [0.29, 0.717) is 23.5 Å². The Hall–Kier alpha value is -3.02. The van der Waals surface area contributed by atoms with Crippen LogP contribution in [0.3, 0.4) is 0 Å². The monoisotopic (exact) mass is 341 g/mol. The van der Waals surface area contributed by atoms with Crippen LogP contribution in [0.25, 0.3) is 0 Å². The van der Waals surface area contributed by atoms with E-state index in [1.807, 2.05) is 43.1 Å². The number of nitrogens with one attached hydrogen (secondary N) is 2. The molecule has 6 nitrogen and oxygen atoms in total. The topological polar surface area (TPSA) is 70.7 Å². The molecule has 0 bridgehead atoms. The number of para-hydroxylation sites is 2. The lowest BCUT2D eigenvalue weighted by Gasteiger charge is -2.21. The summed E-state index contributed by atoms with van der Waals surface area (Å²) in [6.45, 7) is 2.57. The maximum absolute atomic E-state index is 12.3. The second kappa shape index (κ2) is 8.73. The first-order chi connectivity index (χ1) is 12.0. The fourth-order valence-electron chi connectivity index (χ4n) is 2.45. The summed E-state index contributed by atoms with van der Waals surface area (Å²) in [5.41, 5.74) is 1.93. The van der Waals surface area contributed by atoms with Gasteiger partial charge in [-0.2, -0.15) is 0 Å². The molecule has 2 rings (SSSR count). The fraction of sp³-hybridized carbons (Fsp3) is 0.263. The third kappa shape index (κ3) is 4.97. The minimum atomic E-state index is -0.179. The average Bonchev–Trinajstić information content (AvgIpc) is 2.62. The molecular formula is C19H23N3O3. The van der Waals surface area contributed by atoms with Crippen LogP contribution in [0.1, 0.15) is 17.3 Å². The van der Waals surface area contributed by atoms with Crippen molar-refractivity contribution >= 4 is 23.2 Å². The van der Waals surface area contributed by atoms with Crippen molar-refractivity contribution in [2.24, 2.45) is 0 Å². The molecule has 0 spiro atoms. The Morgan fingerprint density at radius 3 is 2.60 bits per heavy atom. The van der Waals surface area contributed by atoms with Gasteiger partial charge in [0.05, 0.1) is 19.3 Å². The molecule has 0 saturated carbocycles. The Morgan fingerprint density at radius 1 is 1.12 bits per heavy atom. The van der Waals surface area contributed by atoms with E-state index in [1.165, 1.54) is 0 Å². The van der Waals surface area contributed by atoms with Crippen molar-refractivity contribution in [3.63, 3.8) is 0 Å². The molecular weight excluding hydrogens is 318 g/mol. The van der Waals surface area contributed by atoms with E-state index in [4.69, 9.17) is 4.74 Å². The molecule has 25 heavy (non-hydrogen) atoms. The average molecular weight is 341 g/mol. The lowest BCUT2D eigenvalue weighted by atomic mass is 10.2. The Labute approximate surface area is 147 Å². The molecule has 0 aliphatic rings. The molecule has 0 saturated heterocycles. The van der Waals surface area contributed by atoms with E-state index in [-0.39, 0.29) is 18.4 Å². The van der Waals surface area contributed by atoms with Gasteiger partial charge in [-0.15, -0.1) is 0 Å². The zero-order valence-corrected chi connectivity index (χ0v) is 14.7. The lowest BCUT2D eigenvalue weighted by Crippen LogP contribution is -2.30. The summed E-state index contributed by atoms with van der Waals surface area (Å²) in [4.78, 5) is 26.0. The summed E-state index contributed by atoms with van der Waals surface area (Å²) in [6, 6.07) is 14.4. The maximum atomic E-state index is 12.3. The first-order valence-corrected chi connectivity index (χ1v) is 8.07. The smallest absolute Gasteiger partial charge is 0.251 e. The van der Waals surface area contributed by atoms with Crippen LogP contribution >= 0.6 is 0 Å². The summed E-state index contributed by atoms with van der Waals surface area (Å²) in [7, 11) is 3.42. The third-order valence-electron chi connectivity index (χ3n) is 3.62. The van der Waals surface area contributed by atoms with Crippen molar-refractivity contribution in [1.29, 1.82) is 0 Å². The minimum Gasteiger partial charge on any atom is -0.495 e. The molecule has 132 valence electrons. The highest BCUT2D eigenvalue weighted by molar-refractivity contribution is 5.98. The molecule has 6 heteroatoms. The molecule has 0 heterocycles. The normalized spacial score (nSPS) is 10.0. The van der Waals surface area contributed by atoms with Crippen molar-refractivity contribution in [1.82, 2.24) is 5.32 Å². The maximum Gasteiger partial charge on any atom is 0.251 e. The first kappa shape index (κ1) is 18.3. The highest BCUT2D eigenvalue weighted by Gasteiger charge is 2.12. The van der Waals surface area contributed by atoms with Crippen LogP contribution in [-0.2, 0) is 4.79 Å². The number of methoxy groups -OCH3 is 1. The second-order valence-corrected chi connectivity index (χ2v) is 5.52. The molecule has 0 aliphatic heterocycles. The second-order valence-electron chi connectivity index (χ2n) is 5.52. The Morgan fingerprint density at radius 2 is 1.88 bits per heavy atom. The van der Waals surface area contributed by atoms with E-state index in [9.17, 15) is 9.59 Å². The minimum absolute atomic E-state index is 0.158. The molecule has 0 aliphatic carbocycles. The van der Waals surface area contributed by atoms with Gasteiger partial charge < -0.3 is 20.3 Å². The number of hydrogen-bond donors (Lipinski definition) is 2. The van der Waals surface area contributed by atoms with Crippen molar-refractivity contribution in [3.8, 4) is 5.75 Å². The number of ether oxygens (including phenoxy) is 1. The summed E-state index contributed by atoms with van der Waals surface area (Å²) in [5, 5.41) is 5.55. The van der Waals surface area contributed by atoms with Crippen LogP contribution < -0.4 is 20.3 Å². The van der Waals surface area contributed by atoms with E-state index >= 15 is 0 Å². The van der Waals surface area contributed by atoms with Gasteiger partial charge in [0.1, 0.15) is 5.75 Å². The van der Waals surface area contributed by atoms with Gasteiger partial charge in [-0.25, -0.2) is 0 Å². The van der Waals surface area contributed by atoms with Gasteiger partial charge >= 0.3 is 0 Å². The quantitative estimate of drug-likeness (QED) is 0.812. The van der Waals surface area contributed by atoms with E-state index in [1.54, 1.807) is 31.4 Å². The molecule has 0 atom stereocenters. The van der Waals surface area contributed by atoms with Gasteiger partial charge in [-0.3, -0.25) is 9.59 Å². The summed E-state index contributed by atoms with van der Waals surface area (Å²) >= 11 is 0. The highest BCUT2D eigenvalue weighted by atomic mass is 16.5. The molecule has 0 unspecified atom stereocenters. The standard InChI is InChI=1S/C19H23N3O3/c1-4-20-19(24)14-8-7-9-15(12-14)21-18(23)13-22(2)16-10-5-6-11-17(16)25-3/h5-12H,4,13H2,1-3H3,(H,20,24)(H,21,23). The van der Waals surface area contributed by atoms with Crippen LogP contribution in [-0.4, -0.2) is 39.1 Å². The number of amides is 2. The zero-order valence-electron chi connectivity index (χ0n) is 14.7. The third-order valence-corrected chi connectivity index (χ3v) is 3.62. The number of carbonyl (C=O) groups is 2. The Kier molecular flexibility index (Phi) is 6.39. The van der Waals surface area contributed by atoms with E-state index in [0.717, 1.165) is 5.69 Å². The molecule has 2 aromatic rings. The number of benzene rings is 2. The molecule has 0 fully saturated rings.